The van der Waals surface area contributed by atoms with Crippen molar-refractivity contribution in [3.05, 3.63) is 46.6 Å². The molecule has 2 aliphatic heterocycles. The van der Waals surface area contributed by atoms with Crippen molar-refractivity contribution in [1.29, 1.82) is 0 Å². The van der Waals surface area contributed by atoms with Gasteiger partial charge in [0.2, 0.25) is 5.82 Å². The van der Waals surface area contributed by atoms with Gasteiger partial charge >= 0.3 is 0 Å². The molecule has 34 heavy (non-hydrogen) atoms. The lowest BCUT2D eigenvalue weighted by Crippen LogP contribution is -2.39. The molecule has 5 heterocycles. The lowest BCUT2D eigenvalue weighted by Gasteiger charge is -2.29. The standard InChI is InChI=1S/C23H25FN6O4/c24-14-3-4-16-17(12-14)29(10-9-28-7-5-15(31)6-8-28)23(32)20-19(25-13-30(16)20)21-26-22(34-27-21)18-2-1-11-33-18/h3-4,12-13,15,18,31H,1-2,5-11H2. The molecule has 6 rings (SSSR count). The molecule has 0 saturated carbocycles. The number of nitrogens with zero attached hydrogens (tertiary/aromatic N) is 6. The molecule has 0 radical (unpaired) electrons. The van der Waals surface area contributed by atoms with E-state index in [9.17, 15) is 14.3 Å². The van der Waals surface area contributed by atoms with Gasteiger partial charge in [0.05, 0.1) is 17.1 Å². The maximum absolute atomic E-state index is 14.2. The molecule has 3 aromatic heterocycles. The van der Waals surface area contributed by atoms with Gasteiger partial charge < -0.3 is 23.8 Å². The molecule has 1 N–H and O–H groups in total. The molecule has 0 bridgehead atoms. The number of fused-ring (bicyclic) bond motifs is 3. The quantitative estimate of drug-likeness (QED) is 0.474. The Kier molecular flexibility index (Phi) is 5.39. The number of imidazole rings is 1. The smallest absolute Gasteiger partial charge is 0.277 e. The molecule has 1 unspecified atom stereocenters. The molecule has 1 atom stereocenters. The number of aliphatic hydroxyl groups excluding tert-OH is 1. The number of hydrogen-bond donors (Lipinski definition) is 1. The summed E-state index contributed by atoms with van der Waals surface area (Å²) in [5.41, 5.74) is 1.48. The summed E-state index contributed by atoms with van der Waals surface area (Å²) in [4.78, 5) is 24.8. The van der Waals surface area contributed by atoms with Crippen molar-refractivity contribution in [2.75, 3.05) is 26.2 Å². The number of aliphatic hydroxyl groups is 1. The zero-order valence-electron chi connectivity index (χ0n) is 18.6. The number of benzene rings is 1. The highest BCUT2D eigenvalue weighted by Gasteiger charge is 2.27. The van der Waals surface area contributed by atoms with Crippen LogP contribution in [-0.4, -0.2) is 66.4 Å². The van der Waals surface area contributed by atoms with Gasteiger partial charge in [0.15, 0.2) is 0 Å². The molecule has 11 heteroatoms. The minimum atomic E-state index is -0.416. The summed E-state index contributed by atoms with van der Waals surface area (Å²) in [6.45, 7) is 3.17. The molecular formula is C23H25FN6O4. The monoisotopic (exact) mass is 468 g/mol. The first-order valence-corrected chi connectivity index (χ1v) is 11.6. The summed E-state index contributed by atoms with van der Waals surface area (Å²) in [5, 5.41) is 13.8. The van der Waals surface area contributed by atoms with Gasteiger partial charge in [-0.2, -0.15) is 4.98 Å². The second-order valence-electron chi connectivity index (χ2n) is 8.93. The summed E-state index contributed by atoms with van der Waals surface area (Å²) in [5.74, 6) is 0.188. The van der Waals surface area contributed by atoms with Crippen molar-refractivity contribution in [1.82, 2.24) is 29.0 Å². The first-order chi connectivity index (χ1) is 16.6. The summed E-state index contributed by atoms with van der Waals surface area (Å²) >= 11 is 0. The van der Waals surface area contributed by atoms with E-state index in [1.165, 1.54) is 18.5 Å². The molecule has 2 saturated heterocycles. The van der Waals surface area contributed by atoms with Crippen molar-refractivity contribution in [3.63, 3.8) is 0 Å². The zero-order valence-corrected chi connectivity index (χ0v) is 18.6. The maximum Gasteiger partial charge on any atom is 0.277 e. The number of halogens is 1. The van der Waals surface area contributed by atoms with E-state index in [4.69, 9.17) is 9.26 Å². The Hall–Kier alpha value is -3.15. The number of aromatic nitrogens is 5. The lowest BCUT2D eigenvalue weighted by atomic mass is 10.1. The highest BCUT2D eigenvalue weighted by molar-refractivity contribution is 5.83. The lowest BCUT2D eigenvalue weighted by molar-refractivity contribution is 0.0810. The SMILES string of the molecule is O=c1c2c(-c3noc(C4CCCO4)n3)ncn2c2ccc(F)cc2n1CCN1CCC(O)CC1. The van der Waals surface area contributed by atoms with E-state index in [0.29, 0.717) is 60.7 Å². The number of piperidine rings is 1. The topological polar surface area (TPSA) is 111 Å². The fourth-order valence-electron chi connectivity index (χ4n) is 4.89. The zero-order chi connectivity index (χ0) is 23.2. The third-order valence-electron chi connectivity index (χ3n) is 6.76. The van der Waals surface area contributed by atoms with Crippen LogP contribution in [0.3, 0.4) is 0 Å². The van der Waals surface area contributed by atoms with Crippen LogP contribution in [-0.2, 0) is 11.3 Å². The molecule has 4 aromatic rings. The van der Waals surface area contributed by atoms with Crippen LogP contribution in [0.25, 0.3) is 28.1 Å². The predicted octanol–water partition coefficient (Wildman–Crippen LogP) is 2.15. The average molecular weight is 468 g/mol. The van der Waals surface area contributed by atoms with Crippen LogP contribution in [0.1, 0.15) is 37.7 Å². The van der Waals surface area contributed by atoms with E-state index in [-0.39, 0.29) is 23.6 Å². The van der Waals surface area contributed by atoms with Crippen LogP contribution in [0.15, 0.2) is 33.8 Å². The summed E-state index contributed by atoms with van der Waals surface area (Å²) in [6, 6.07) is 4.39. The first-order valence-electron chi connectivity index (χ1n) is 11.6. The van der Waals surface area contributed by atoms with E-state index >= 15 is 0 Å². The van der Waals surface area contributed by atoms with E-state index < -0.39 is 5.82 Å². The largest absolute Gasteiger partial charge is 0.393 e. The summed E-state index contributed by atoms with van der Waals surface area (Å²) in [7, 11) is 0. The van der Waals surface area contributed by atoms with Crippen LogP contribution >= 0.6 is 0 Å². The number of hydrogen-bond acceptors (Lipinski definition) is 8. The highest BCUT2D eigenvalue weighted by atomic mass is 19.1. The Morgan fingerprint density at radius 2 is 2.00 bits per heavy atom. The van der Waals surface area contributed by atoms with Crippen LogP contribution in [0.2, 0.25) is 0 Å². The van der Waals surface area contributed by atoms with Crippen molar-refractivity contribution in [3.8, 4) is 11.5 Å². The molecule has 0 amide bonds. The van der Waals surface area contributed by atoms with Crippen molar-refractivity contribution in [2.24, 2.45) is 0 Å². The number of likely N-dealkylation sites (tertiary alicyclic amines) is 1. The Labute approximate surface area is 193 Å². The van der Waals surface area contributed by atoms with Gasteiger partial charge in [-0.1, -0.05) is 5.16 Å². The molecule has 2 aliphatic rings. The number of ether oxygens (including phenoxy) is 1. The molecule has 178 valence electrons. The van der Waals surface area contributed by atoms with Crippen molar-refractivity contribution >= 4 is 16.6 Å². The van der Waals surface area contributed by atoms with Gasteiger partial charge in [-0.05, 0) is 43.9 Å². The second kappa shape index (κ2) is 8.57. The minimum Gasteiger partial charge on any atom is -0.393 e. The van der Waals surface area contributed by atoms with E-state index in [1.54, 1.807) is 15.0 Å². The van der Waals surface area contributed by atoms with Gasteiger partial charge in [0, 0.05) is 32.8 Å². The molecule has 1 aromatic carbocycles. The second-order valence-corrected chi connectivity index (χ2v) is 8.93. The third-order valence-corrected chi connectivity index (χ3v) is 6.76. The Morgan fingerprint density at radius 3 is 2.79 bits per heavy atom. The normalized spacial score (nSPS) is 20.1. The molecular weight excluding hydrogens is 443 g/mol. The van der Waals surface area contributed by atoms with Crippen LogP contribution in [0.5, 0.6) is 0 Å². The maximum atomic E-state index is 14.2. The Bertz CT molecular complexity index is 1400. The van der Waals surface area contributed by atoms with Crippen LogP contribution < -0.4 is 5.56 Å². The van der Waals surface area contributed by atoms with E-state index in [1.807, 2.05) is 0 Å². The first kappa shape index (κ1) is 21.4. The van der Waals surface area contributed by atoms with Crippen LogP contribution in [0, 0.1) is 5.82 Å². The van der Waals surface area contributed by atoms with Gasteiger partial charge in [-0.15, -0.1) is 0 Å². The van der Waals surface area contributed by atoms with E-state index in [2.05, 4.69) is 20.0 Å². The predicted molar refractivity (Wildman–Crippen MR) is 120 cm³/mol. The van der Waals surface area contributed by atoms with Crippen molar-refractivity contribution < 1.29 is 18.8 Å². The summed E-state index contributed by atoms with van der Waals surface area (Å²) < 4.78 is 28.5. The van der Waals surface area contributed by atoms with E-state index in [0.717, 1.165) is 25.9 Å². The molecule has 2 fully saturated rings. The van der Waals surface area contributed by atoms with Gasteiger partial charge in [0.1, 0.15) is 29.5 Å². The Morgan fingerprint density at radius 1 is 1.15 bits per heavy atom. The summed E-state index contributed by atoms with van der Waals surface area (Å²) in [6.07, 6.45) is 4.18. The van der Waals surface area contributed by atoms with Gasteiger partial charge in [-0.25, -0.2) is 9.37 Å². The Balaban J connectivity index is 1.43. The van der Waals surface area contributed by atoms with Gasteiger partial charge in [0.25, 0.3) is 11.4 Å². The molecule has 0 spiro atoms. The molecule has 0 aliphatic carbocycles. The average Bonchev–Trinajstić information content (AvgIpc) is 3.59. The fourth-order valence-corrected chi connectivity index (χ4v) is 4.89. The van der Waals surface area contributed by atoms with Crippen LogP contribution in [0.4, 0.5) is 4.39 Å². The van der Waals surface area contributed by atoms with Gasteiger partial charge in [-0.3, -0.25) is 9.20 Å². The third kappa shape index (κ3) is 3.69. The highest BCUT2D eigenvalue weighted by Crippen LogP contribution is 2.29. The molecule has 10 nitrogen and oxygen atoms in total. The fraction of sp³-hybridized carbons (Fsp3) is 0.478. The number of rotatable bonds is 5. The van der Waals surface area contributed by atoms with Crippen molar-refractivity contribution in [2.45, 2.75) is 44.4 Å². The minimum absolute atomic E-state index is 0.225.